The minimum atomic E-state index is -0.379. The van der Waals surface area contributed by atoms with Gasteiger partial charge < -0.3 is 14.8 Å². The molecule has 0 aliphatic carbocycles. The van der Waals surface area contributed by atoms with E-state index in [9.17, 15) is 4.79 Å². The molecule has 2 unspecified atom stereocenters. The van der Waals surface area contributed by atoms with E-state index in [1.807, 2.05) is 27.7 Å². The van der Waals surface area contributed by atoms with Crippen LogP contribution in [0.2, 0.25) is 0 Å². The molecule has 0 heterocycles. The maximum absolute atomic E-state index is 11.7. The summed E-state index contributed by atoms with van der Waals surface area (Å²) in [6.45, 7) is 12.8. The van der Waals surface area contributed by atoms with E-state index >= 15 is 0 Å². The summed E-state index contributed by atoms with van der Waals surface area (Å²) in [5.74, 6) is 0.203. The van der Waals surface area contributed by atoms with E-state index in [4.69, 9.17) is 9.47 Å². The lowest BCUT2D eigenvalue weighted by atomic mass is 10.1. The summed E-state index contributed by atoms with van der Waals surface area (Å²) in [4.78, 5) is 11.7. The molecule has 0 rings (SSSR count). The lowest BCUT2D eigenvalue weighted by Crippen LogP contribution is -2.45. The van der Waals surface area contributed by atoms with Gasteiger partial charge >= 0.3 is 5.97 Å². The molecule has 0 aliphatic rings. The second kappa shape index (κ2) is 8.48. The summed E-state index contributed by atoms with van der Waals surface area (Å²) in [7, 11) is 0. The molecule has 2 atom stereocenters. The van der Waals surface area contributed by atoms with Crippen LogP contribution < -0.4 is 5.32 Å². The number of rotatable bonds is 8. The lowest BCUT2D eigenvalue weighted by molar-refractivity contribution is -0.148. The van der Waals surface area contributed by atoms with Gasteiger partial charge in [0.1, 0.15) is 6.04 Å². The molecular formula is C13H27NO3. The van der Waals surface area contributed by atoms with E-state index < -0.39 is 0 Å². The molecule has 0 spiro atoms. The van der Waals surface area contributed by atoms with Crippen LogP contribution in [0.25, 0.3) is 0 Å². The largest absolute Gasteiger partial charge is 0.465 e. The van der Waals surface area contributed by atoms with Crippen LogP contribution in [0.3, 0.4) is 0 Å². The Bertz CT molecular complexity index is 217. The summed E-state index contributed by atoms with van der Waals surface area (Å²) in [5.41, 5.74) is 0. The number of nitrogens with one attached hydrogen (secondary N) is 1. The topological polar surface area (TPSA) is 47.6 Å². The molecule has 0 aromatic rings. The number of ether oxygens (including phenoxy) is 2. The highest BCUT2D eigenvalue weighted by Crippen LogP contribution is 2.06. The number of esters is 1. The number of carbonyl (C=O) groups excluding carboxylic acids is 1. The average Bonchev–Trinajstić information content (AvgIpc) is 2.23. The second-order valence-electron chi connectivity index (χ2n) is 4.91. The van der Waals surface area contributed by atoms with Crippen molar-refractivity contribution in [3.05, 3.63) is 0 Å². The van der Waals surface area contributed by atoms with Crippen LogP contribution in [0.4, 0.5) is 0 Å². The number of carbonyl (C=O) groups is 1. The third-order valence-electron chi connectivity index (χ3n) is 2.57. The van der Waals surface area contributed by atoms with E-state index in [1.54, 1.807) is 0 Å². The normalized spacial score (nSPS) is 15.1. The van der Waals surface area contributed by atoms with E-state index in [0.717, 1.165) is 0 Å². The first-order valence-corrected chi connectivity index (χ1v) is 6.42. The van der Waals surface area contributed by atoms with Gasteiger partial charge in [-0.25, -0.2) is 0 Å². The van der Waals surface area contributed by atoms with Crippen molar-refractivity contribution in [2.75, 3.05) is 13.2 Å². The van der Waals surface area contributed by atoms with E-state index in [1.165, 1.54) is 0 Å². The first kappa shape index (κ1) is 16.4. The fraction of sp³-hybridized carbons (Fsp3) is 0.923. The molecular weight excluding hydrogens is 218 g/mol. The Morgan fingerprint density at radius 2 is 1.76 bits per heavy atom. The average molecular weight is 245 g/mol. The molecule has 4 nitrogen and oxygen atoms in total. The number of hydrogen-bond donors (Lipinski definition) is 1. The van der Waals surface area contributed by atoms with Crippen molar-refractivity contribution in [1.82, 2.24) is 5.32 Å². The molecule has 0 saturated heterocycles. The van der Waals surface area contributed by atoms with Crippen LogP contribution >= 0.6 is 0 Å². The van der Waals surface area contributed by atoms with Crippen molar-refractivity contribution in [3.63, 3.8) is 0 Å². The predicted molar refractivity (Wildman–Crippen MR) is 68.9 cm³/mol. The van der Waals surface area contributed by atoms with E-state index in [-0.39, 0.29) is 24.2 Å². The Balaban J connectivity index is 4.23. The zero-order valence-corrected chi connectivity index (χ0v) is 11.9. The fourth-order valence-corrected chi connectivity index (χ4v) is 1.27. The van der Waals surface area contributed by atoms with Crippen molar-refractivity contribution in [1.29, 1.82) is 0 Å². The molecule has 102 valence electrons. The van der Waals surface area contributed by atoms with Gasteiger partial charge in [0.2, 0.25) is 0 Å². The van der Waals surface area contributed by atoms with Crippen molar-refractivity contribution < 1.29 is 14.3 Å². The highest BCUT2D eigenvalue weighted by molar-refractivity contribution is 5.75. The minimum absolute atomic E-state index is 0.140. The highest BCUT2D eigenvalue weighted by Gasteiger charge is 2.22. The zero-order valence-electron chi connectivity index (χ0n) is 11.9. The maximum atomic E-state index is 11.7. The Morgan fingerprint density at radius 3 is 2.18 bits per heavy atom. The van der Waals surface area contributed by atoms with E-state index in [2.05, 4.69) is 19.2 Å². The minimum Gasteiger partial charge on any atom is -0.465 e. The molecule has 1 N–H and O–H groups in total. The molecule has 0 aromatic heterocycles. The monoisotopic (exact) mass is 245 g/mol. The molecule has 0 saturated carbocycles. The quantitative estimate of drug-likeness (QED) is 0.664. The predicted octanol–water partition coefficient (Wildman–Crippen LogP) is 1.98. The van der Waals surface area contributed by atoms with Crippen molar-refractivity contribution >= 4 is 5.97 Å². The van der Waals surface area contributed by atoms with Gasteiger partial charge in [-0.05, 0) is 19.8 Å². The van der Waals surface area contributed by atoms with Gasteiger partial charge in [0.25, 0.3) is 0 Å². The standard InChI is InChI=1S/C13H27NO3/c1-7-16-13(15)12(14-10(4)5)8-17-11(6)9(2)3/h9-12,14H,7-8H2,1-6H3. The van der Waals surface area contributed by atoms with Crippen LogP contribution in [-0.4, -0.2) is 37.4 Å². The van der Waals surface area contributed by atoms with Crippen molar-refractivity contribution in [3.8, 4) is 0 Å². The summed E-state index contributed by atoms with van der Waals surface area (Å²) >= 11 is 0. The van der Waals surface area contributed by atoms with Crippen LogP contribution in [0.15, 0.2) is 0 Å². The van der Waals surface area contributed by atoms with Crippen LogP contribution in [0.5, 0.6) is 0 Å². The first-order chi connectivity index (χ1) is 7.88. The van der Waals surface area contributed by atoms with Gasteiger partial charge in [-0.15, -0.1) is 0 Å². The Kier molecular flexibility index (Phi) is 8.17. The smallest absolute Gasteiger partial charge is 0.325 e. The zero-order chi connectivity index (χ0) is 13.4. The third-order valence-corrected chi connectivity index (χ3v) is 2.57. The Hall–Kier alpha value is -0.610. The first-order valence-electron chi connectivity index (χ1n) is 6.42. The SMILES string of the molecule is CCOC(=O)C(COC(C)C(C)C)NC(C)C. The Morgan fingerprint density at radius 1 is 1.18 bits per heavy atom. The summed E-state index contributed by atoms with van der Waals surface area (Å²) < 4.78 is 10.7. The van der Waals surface area contributed by atoms with Gasteiger partial charge in [0, 0.05) is 6.04 Å². The van der Waals surface area contributed by atoms with Crippen LogP contribution in [-0.2, 0) is 14.3 Å². The molecule has 0 fully saturated rings. The highest BCUT2D eigenvalue weighted by atomic mass is 16.5. The van der Waals surface area contributed by atoms with Gasteiger partial charge in [0.15, 0.2) is 0 Å². The fourth-order valence-electron chi connectivity index (χ4n) is 1.27. The van der Waals surface area contributed by atoms with Crippen molar-refractivity contribution in [2.45, 2.75) is 59.7 Å². The van der Waals surface area contributed by atoms with E-state index in [0.29, 0.717) is 19.1 Å². The molecule has 0 bridgehead atoms. The summed E-state index contributed by atoms with van der Waals surface area (Å²) in [6.07, 6.45) is 0.140. The Labute approximate surface area is 105 Å². The molecule has 17 heavy (non-hydrogen) atoms. The van der Waals surface area contributed by atoms with Gasteiger partial charge in [-0.3, -0.25) is 4.79 Å². The second-order valence-corrected chi connectivity index (χ2v) is 4.91. The van der Waals surface area contributed by atoms with Gasteiger partial charge in [-0.1, -0.05) is 27.7 Å². The summed E-state index contributed by atoms with van der Waals surface area (Å²) in [6, 6.07) is -0.154. The summed E-state index contributed by atoms with van der Waals surface area (Å²) in [5, 5.41) is 3.16. The molecule has 0 aliphatic heterocycles. The number of hydrogen-bond acceptors (Lipinski definition) is 4. The van der Waals surface area contributed by atoms with Crippen molar-refractivity contribution in [2.24, 2.45) is 5.92 Å². The molecule has 4 heteroatoms. The third kappa shape index (κ3) is 7.34. The molecule has 0 amide bonds. The van der Waals surface area contributed by atoms with Gasteiger partial charge in [-0.2, -0.15) is 0 Å². The van der Waals surface area contributed by atoms with Gasteiger partial charge in [0.05, 0.1) is 19.3 Å². The molecule has 0 aromatic carbocycles. The van der Waals surface area contributed by atoms with Crippen LogP contribution in [0, 0.1) is 5.92 Å². The van der Waals surface area contributed by atoms with Crippen LogP contribution in [0.1, 0.15) is 41.5 Å². The molecule has 0 radical (unpaired) electrons. The lowest BCUT2D eigenvalue weighted by Gasteiger charge is -2.23. The maximum Gasteiger partial charge on any atom is 0.325 e.